The van der Waals surface area contributed by atoms with Crippen molar-refractivity contribution in [1.82, 2.24) is 4.90 Å². The number of thiophene rings is 1. The van der Waals surface area contributed by atoms with Gasteiger partial charge in [0.05, 0.1) is 20.3 Å². The van der Waals surface area contributed by atoms with Gasteiger partial charge in [-0.05, 0) is 48.1 Å². The molecule has 1 aromatic heterocycles. The van der Waals surface area contributed by atoms with Gasteiger partial charge in [-0.15, -0.1) is 11.3 Å². The Morgan fingerprint density at radius 1 is 1.25 bits per heavy atom. The predicted octanol–water partition coefficient (Wildman–Crippen LogP) is 4.14. The van der Waals surface area contributed by atoms with Crippen molar-refractivity contribution in [1.29, 1.82) is 0 Å². The largest absolute Gasteiger partial charge is 0.493 e. The van der Waals surface area contributed by atoms with Gasteiger partial charge < -0.3 is 14.4 Å². The Morgan fingerprint density at radius 2 is 2.08 bits per heavy atom. The van der Waals surface area contributed by atoms with Crippen LogP contribution < -0.4 is 9.47 Å². The highest BCUT2D eigenvalue weighted by Crippen LogP contribution is 2.34. The van der Waals surface area contributed by atoms with Gasteiger partial charge in [0.25, 0.3) is 0 Å². The summed E-state index contributed by atoms with van der Waals surface area (Å²) >= 11 is 1.72. The van der Waals surface area contributed by atoms with Gasteiger partial charge in [-0.1, -0.05) is 12.1 Å². The minimum atomic E-state index is 0.0562. The molecule has 0 spiro atoms. The summed E-state index contributed by atoms with van der Waals surface area (Å²) in [6.07, 6.45) is 5.57. The maximum atomic E-state index is 12.6. The van der Waals surface area contributed by atoms with Crippen molar-refractivity contribution in [2.24, 2.45) is 0 Å². The average Bonchev–Trinajstić information content (AvgIpc) is 3.29. The second kappa shape index (κ2) is 7.53. The first kappa shape index (κ1) is 16.6. The molecule has 1 saturated heterocycles. The zero-order valence-corrected chi connectivity index (χ0v) is 14.7. The SMILES string of the molecule is COc1ccc(/C=C/C(=O)N2CCCC2c2cccs2)cc1OC. The number of likely N-dealkylation sites (tertiary alicyclic amines) is 1. The van der Waals surface area contributed by atoms with Gasteiger partial charge in [-0.3, -0.25) is 4.79 Å². The maximum absolute atomic E-state index is 12.6. The Bertz CT molecular complexity index is 724. The molecule has 2 aromatic rings. The summed E-state index contributed by atoms with van der Waals surface area (Å²) in [4.78, 5) is 15.8. The smallest absolute Gasteiger partial charge is 0.247 e. The fourth-order valence-electron chi connectivity index (χ4n) is 3.03. The van der Waals surface area contributed by atoms with Crippen molar-refractivity contribution >= 4 is 23.3 Å². The number of carbonyl (C=O) groups excluding carboxylic acids is 1. The van der Waals surface area contributed by atoms with Crippen LogP contribution in [0.4, 0.5) is 0 Å². The Labute approximate surface area is 146 Å². The fourth-order valence-corrected chi connectivity index (χ4v) is 3.90. The lowest BCUT2D eigenvalue weighted by molar-refractivity contribution is -0.126. The second-order valence-corrected chi connectivity index (χ2v) is 6.63. The summed E-state index contributed by atoms with van der Waals surface area (Å²) in [6, 6.07) is 9.98. The predicted molar refractivity (Wildman–Crippen MR) is 96.6 cm³/mol. The number of carbonyl (C=O) groups is 1. The van der Waals surface area contributed by atoms with Crippen LogP contribution in [-0.4, -0.2) is 31.6 Å². The monoisotopic (exact) mass is 343 g/mol. The topological polar surface area (TPSA) is 38.8 Å². The fraction of sp³-hybridized carbons (Fsp3) is 0.316. The number of ether oxygens (including phenoxy) is 2. The maximum Gasteiger partial charge on any atom is 0.247 e. The Hall–Kier alpha value is -2.27. The lowest BCUT2D eigenvalue weighted by Crippen LogP contribution is -2.28. The summed E-state index contributed by atoms with van der Waals surface area (Å²) in [5.74, 6) is 1.39. The molecule has 5 heteroatoms. The first-order chi connectivity index (χ1) is 11.7. The van der Waals surface area contributed by atoms with Crippen molar-refractivity contribution < 1.29 is 14.3 Å². The van der Waals surface area contributed by atoms with Crippen LogP contribution in [0.1, 0.15) is 29.3 Å². The van der Waals surface area contributed by atoms with Crippen molar-refractivity contribution in [3.05, 3.63) is 52.2 Å². The van der Waals surface area contributed by atoms with Crippen LogP contribution in [0.5, 0.6) is 11.5 Å². The molecule has 1 aliphatic heterocycles. The molecule has 1 amide bonds. The molecule has 1 aromatic carbocycles. The van der Waals surface area contributed by atoms with Crippen LogP contribution in [0.3, 0.4) is 0 Å². The zero-order chi connectivity index (χ0) is 16.9. The normalized spacial score (nSPS) is 17.4. The van der Waals surface area contributed by atoms with Crippen LogP contribution in [-0.2, 0) is 4.79 Å². The third kappa shape index (κ3) is 3.46. The van der Waals surface area contributed by atoms with Crippen molar-refractivity contribution in [2.75, 3.05) is 20.8 Å². The highest BCUT2D eigenvalue weighted by atomic mass is 32.1. The molecule has 1 aliphatic rings. The second-order valence-electron chi connectivity index (χ2n) is 5.65. The molecule has 3 rings (SSSR count). The number of hydrogen-bond donors (Lipinski definition) is 0. The number of amides is 1. The van der Waals surface area contributed by atoms with E-state index in [1.165, 1.54) is 4.88 Å². The molecule has 0 aliphatic carbocycles. The number of rotatable bonds is 5. The van der Waals surface area contributed by atoms with Crippen LogP contribution in [0.2, 0.25) is 0 Å². The first-order valence-electron chi connectivity index (χ1n) is 7.97. The molecule has 1 unspecified atom stereocenters. The molecule has 1 fully saturated rings. The van der Waals surface area contributed by atoms with Crippen LogP contribution in [0.25, 0.3) is 6.08 Å². The number of nitrogens with zero attached hydrogens (tertiary/aromatic N) is 1. The van der Waals surface area contributed by atoms with Crippen molar-refractivity contribution in [3.63, 3.8) is 0 Å². The van der Waals surface area contributed by atoms with Gasteiger partial charge >= 0.3 is 0 Å². The minimum Gasteiger partial charge on any atom is -0.493 e. The van der Waals surface area contributed by atoms with Crippen LogP contribution in [0, 0.1) is 0 Å². The Morgan fingerprint density at radius 3 is 2.79 bits per heavy atom. The molecule has 24 heavy (non-hydrogen) atoms. The highest BCUT2D eigenvalue weighted by molar-refractivity contribution is 7.10. The summed E-state index contributed by atoms with van der Waals surface area (Å²) in [6.45, 7) is 0.817. The number of hydrogen-bond acceptors (Lipinski definition) is 4. The van der Waals surface area contributed by atoms with E-state index in [1.807, 2.05) is 35.2 Å². The molecule has 4 nitrogen and oxygen atoms in total. The zero-order valence-electron chi connectivity index (χ0n) is 13.9. The summed E-state index contributed by atoms with van der Waals surface area (Å²) in [5, 5.41) is 2.07. The number of benzene rings is 1. The molecule has 0 saturated carbocycles. The quantitative estimate of drug-likeness (QED) is 0.766. The Kier molecular flexibility index (Phi) is 5.20. The minimum absolute atomic E-state index is 0.0562. The van der Waals surface area contributed by atoms with E-state index in [0.717, 1.165) is 24.9 Å². The highest BCUT2D eigenvalue weighted by Gasteiger charge is 2.29. The van der Waals surface area contributed by atoms with E-state index in [4.69, 9.17) is 9.47 Å². The van der Waals surface area contributed by atoms with E-state index in [1.54, 1.807) is 31.6 Å². The van der Waals surface area contributed by atoms with Crippen LogP contribution in [0.15, 0.2) is 41.8 Å². The summed E-state index contributed by atoms with van der Waals surface area (Å²) in [7, 11) is 3.21. The molecule has 0 N–H and O–H groups in total. The molecule has 126 valence electrons. The van der Waals surface area contributed by atoms with E-state index in [-0.39, 0.29) is 11.9 Å². The molecular weight excluding hydrogens is 322 g/mol. The summed E-state index contributed by atoms with van der Waals surface area (Å²) in [5.41, 5.74) is 0.910. The van der Waals surface area contributed by atoms with E-state index < -0.39 is 0 Å². The third-order valence-electron chi connectivity index (χ3n) is 4.23. The van der Waals surface area contributed by atoms with Crippen molar-refractivity contribution in [3.8, 4) is 11.5 Å². The van der Waals surface area contributed by atoms with E-state index >= 15 is 0 Å². The molecule has 0 radical (unpaired) electrons. The third-order valence-corrected chi connectivity index (χ3v) is 5.21. The van der Waals surface area contributed by atoms with Gasteiger partial charge in [-0.25, -0.2) is 0 Å². The van der Waals surface area contributed by atoms with Gasteiger partial charge in [0.15, 0.2) is 11.5 Å². The summed E-state index contributed by atoms with van der Waals surface area (Å²) < 4.78 is 10.5. The Balaban J connectivity index is 1.73. The molecule has 0 bridgehead atoms. The van der Waals surface area contributed by atoms with Crippen LogP contribution >= 0.6 is 11.3 Å². The lowest BCUT2D eigenvalue weighted by atomic mass is 10.1. The first-order valence-corrected chi connectivity index (χ1v) is 8.85. The average molecular weight is 343 g/mol. The lowest BCUT2D eigenvalue weighted by Gasteiger charge is -2.22. The van der Waals surface area contributed by atoms with E-state index in [0.29, 0.717) is 11.5 Å². The van der Waals surface area contributed by atoms with Gasteiger partial charge in [0.2, 0.25) is 5.91 Å². The van der Waals surface area contributed by atoms with E-state index in [9.17, 15) is 4.79 Å². The standard InChI is InChI=1S/C19H21NO3S/c1-22-16-9-7-14(13-17(16)23-2)8-10-19(21)20-11-3-5-15(20)18-6-4-12-24-18/h4,6-10,12-13,15H,3,5,11H2,1-2H3/b10-8+. The number of methoxy groups -OCH3 is 2. The van der Waals surface area contributed by atoms with Gasteiger partial charge in [-0.2, -0.15) is 0 Å². The molecule has 2 heterocycles. The molecule has 1 atom stereocenters. The van der Waals surface area contributed by atoms with Crippen molar-refractivity contribution in [2.45, 2.75) is 18.9 Å². The van der Waals surface area contributed by atoms with Gasteiger partial charge in [0.1, 0.15) is 0 Å². The molecular formula is C19H21NO3S. The van der Waals surface area contributed by atoms with Gasteiger partial charge in [0, 0.05) is 17.5 Å². The van der Waals surface area contributed by atoms with E-state index in [2.05, 4.69) is 11.4 Å².